The van der Waals surface area contributed by atoms with E-state index < -0.39 is 16.1 Å². The van der Waals surface area contributed by atoms with E-state index in [1.807, 2.05) is 60.7 Å². The van der Waals surface area contributed by atoms with E-state index in [4.69, 9.17) is 0 Å². The Morgan fingerprint density at radius 3 is 2.24 bits per heavy atom. The predicted octanol–water partition coefficient (Wildman–Crippen LogP) is 3.13. The summed E-state index contributed by atoms with van der Waals surface area (Å²) < 4.78 is 28.7. The van der Waals surface area contributed by atoms with Gasteiger partial charge in [0.1, 0.15) is 5.82 Å². The van der Waals surface area contributed by atoms with Crippen LogP contribution < -0.4 is 15.4 Å². The van der Waals surface area contributed by atoms with E-state index in [1.54, 1.807) is 0 Å². The van der Waals surface area contributed by atoms with Crippen molar-refractivity contribution in [3.8, 4) is 0 Å². The van der Waals surface area contributed by atoms with Crippen molar-refractivity contribution >= 4 is 16.1 Å². The highest BCUT2D eigenvalue weighted by Crippen LogP contribution is 2.18. The Bertz CT molecular complexity index is 1200. The normalized spacial score (nSPS) is 12.4. The molecule has 4 N–H and O–H groups in total. The molecule has 11 heteroatoms. The summed E-state index contributed by atoms with van der Waals surface area (Å²) in [6.07, 6.45) is 1.73. The Kier molecular flexibility index (Phi) is 11.7. The summed E-state index contributed by atoms with van der Waals surface area (Å²) in [6, 6.07) is 18.6. The molecule has 10 nitrogen and oxygen atoms in total. The zero-order chi connectivity index (χ0) is 27.2. The second-order valence-electron chi connectivity index (χ2n) is 9.05. The first kappa shape index (κ1) is 29.3. The monoisotopic (exact) mass is 541 g/mol. The number of aromatic nitrogens is 3. The number of urea groups is 1. The topological polar surface area (TPSA) is 132 Å². The zero-order valence-electron chi connectivity index (χ0n) is 22.2. The van der Waals surface area contributed by atoms with Gasteiger partial charge in [0.05, 0.1) is 18.3 Å². The molecule has 0 saturated heterocycles. The van der Waals surface area contributed by atoms with Crippen LogP contribution in [0, 0.1) is 0 Å². The molecule has 2 amide bonds. The van der Waals surface area contributed by atoms with E-state index >= 15 is 0 Å². The smallest absolute Gasteiger partial charge is 0.315 e. The second-order valence-corrected chi connectivity index (χ2v) is 10.9. The highest BCUT2D eigenvalue weighted by Gasteiger charge is 2.23. The molecule has 0 bridgehead atoms. The fourth-order valence-electron chi connectivity index (χ4n) is 4.05. The fourth-order valence-corrected chi connectivity index (χ4v) is 5.34. The molecular formula is C27H39N7O3S. The minimum Gasteiger partial charge on any atom is -0.334 e. The maximum atomic E-state index is 12.9. The number of hydrogen-bond acceptors (Lipinski definition) is 6. The van der Waals surface area contributed by atoms with E-state index in [0.29, 0.717) is 37.5 Å². The largest absolute Gasteiger partial charge is 0.334 e. The third-order valence-electron chi connectivity index (χ3n) is 6.25. The van der Waals surface area contributed by atoms with Crippen molar-refractivity contribution in [3.63, 3.8) is 0 Å². The van der Waals surface area contributed by atoms with Gasteiger partial charge < -0.3 is 15.5 Å². The van der Waals surface area contributed by atoms with Gasteiger partial charge in [-0.3, -0.25) is 5.10 Å². The van der Waals surface area contributed by atoms with Gasteiger partial charge >= 0.3 is 6.03 Å². The van der Waals surface area contributed by atoms with Crippen LogP contribution in [0.2, 0.25) is 0 Å². The van der Waals surface area contributed by atoms with Gasteiger partial charge in [-0.2, -0.15) is 5.10 Å². The first-order chi connectivity index (χ1) is 18.4. The lowest BCUT2D eigenvalue weighted by Gasteiger charge is -2.19. The SMILES string of the molecule is CCN(CC)CCCS(=O)(=O)N[C@H](CCc1ccccc1)c1nc(CNC(=O)NCc2ccccc2)n[nH]1. The Morgan fingerprint density at radius 1 is 0.947 bits per heavy atom. The molecule has 0 aliphatic carbocycles. The number of rotatable bonds is 16. The highest BCUT2D eigenvalue weighted by atomic mass is 32.2. The Morgan fingerprint density at radius 2 is 1.58 bits per heavy atom. The molecule has 206 valence electrons. The molecule has 0 saturated carbocycles. The van der Waals surface area contributed by atoms with E-state index in [-0.39, 0.29) is 18.3 Å². The fraction of sp³-hybridized carbons (Fsp3) is 0.444. The number of amides is 2. The summed E-state index contributed by atoms with van der Waals surface area (Å²) in [7, 11) is -3.54. The first-order valence-electron chi connectivity index (χ1n) is 13.1. The van der Waals surface area contributed by atoms with Gasteiger partial charge in [0, 0.05) is 6.54 Å². The molecule has 3 rings (SSSR count). The van der Waals surface area contributed by atoms with Gasteiger partial charge in [-0.05, 0) is 50.0 Å². The van der Waals surface area contributed by atoms with Crippen LogP contribution in [-0.2, 0) is 29.5 Å². The third-order valence-corrected chi connectivity index (χ3v) is 7.72. The molecule has 1 atom stereocenters. The van der Waals surface area contributed by atoms with Crippen molar-refractivity contribution in [1.29, 1.82) is 0 Å². The van der Waals surface area contributed by atoms with Crippen LogP contribution in [0.25, 0.3) is 0 Å². The number of nitrogens with zero attached hydrogens (tertiary/aromatic N) is 3. The standard InChI is InChI=1S/C27H39N7O3S/c1-3-34(4-2)18-11-19-38(36,37)33-24(17-16-22-12-7-5-8-13-22)26-30-25(31-32-26)21-29-27(35)28-20-23-14-9-6-10-15-23/h5-10,12-15,24,33H,3-4,11,16-21H2,1-2H3,(H2,28,29,35)(H,30,31,32)/t24-/m1/s1. The molecule has 1 heterocycles. The molecule has 2 aromatic carbocycles. The molecule has 3 aromatic rings. The Labute approximate surface area is 225 Å². The summed E-state index contributed by atoms with van der Waals surface area (Å²) in [5.74, 6) is 0.838. The summed E-state index contributed by atoms with van der Waals surface area (Å²) in [6.45, 7) is 7.17. The lowest BCUT2D eigenvalue weighted by molar-refractivity contribution is 0.240. The average molecular weight is 542 g/mol. The van der Waals surface area contributed by atoms with E-state index in [2.05, 4.69) is 49.3 Å². The van der Waals surface area contributed by atoms with Gasteiger partial charge in [-0.25, -0.2) is 22.9 Å². The number of carbonyl (C=O) groups excluding carboxylic acids is 1. The summed E-state index contributed by atoms with van der Waals surface area (Å²) >= 11 is 0. The van der Waals surface area contributed by atoms with E-state index in [9.17, 15) is 13.2 Å². The molecule has 0 unspecified atom stereocenters. The van der Waals surface area contributed by atoms with Gasteiger partial charge in [0.15, 0.2) is 5.82 Å². The summed E-state index contributed by atoms with van der Waals surface area (Å²) in [4.78, 5) is 18.9. The summed E-state index contributed by atoms with van der Waals surface area (Å²) in [5.41, 5.74) is 2.10. The van der Waals surface area contributed by atoms with Crippen molar-refractivity contribution in [2.24, 2.45) is 0 Å². The number of nitrogens with one attached hydrogen (secondary N) is 4. The number of sulfonamides is 1. The van der Waals surface area contributed by atoms with Gasteiger partial charge in [-0.1, -0.05) is 74.5 Å². The Hall–Kier alpha value is -3.28. The van der Waals surface area contributed by atoms with Crippen LogP contribution in [0.15, 0.2) is 60.7 Å². The van der Waals surface area contributed by atoms with Crippen LogP contribution in [0.3, 0.4) is 0 Å². The number of H-pyrrole nitrogens is 1. The highest BCUT2D eigenvalue weighted by molar-refractivity contribution is 7.89. The number of aryl methyl sites for hydroxylation is 1. The lowest BCUT2D eigenvalue weighted by atomic mass is 10.1. The van der Waals surface area contributed by atoms with Gasteiger partial charge in [0.25, 0.3) is 0 Å². The average Bonchev–Trinajstić information content (AvgIpc) is 3.41. The van der Waals surface area contributed by atoms with Crippen LogP contribution in [0.5, 0.6) is 0 Å². The summed E-state index contributed by atoms with van der Waals surface area (Å²) in [5, 5.41) is 12.6. The second kappa shape index (κ2) is 15.2. The molecule has 0 aliphatic heterocycles. The van der Waals surface area contributed by atoms with Crippen LogP contribution in [0.4, 0.5) is 4.79 Å². The number of aromatic amines is 1. The molecule has 0 spiro atoms. The maximum absolute atomic E-state index is 12.9. The lowest BCUT2D eigenvalue weighted by Crippen LogP contribution is -2.35. The zero-order valence-corrected chi connectivity index (χ0v) is 23.0. The van der Waals surface area contributed by atoms with Crippen LogP contribution in [0.1, 0.15) is 55.5 Å². The van der Waals surface area contributed by atoms with E-state index in [0.717, 1.165) is 30.8 Å². The minimum absolute atomic E-state index is 0.0372. The van der Waals surface area contributed by atoms with Gasteiger partial charge in [0.2, 0.25) is 10.0 Å². The predicted molar refractivity (Wildman–Crippen MR) is 149 cm³/mol. The van der Waals surface area contributed by atoms with Crippen molar-refractivity contribution < 1.29 is 13.2 Å². The molecule has 0 fully saturated rings. The maximum Gasteiger partial charge on any atom is 0.315 e. The van der Waals surface area contributed by atoms with Crippen LogP contribution >= 0.6 is 0 Å². The van der Waals surface area contributed by atoms with Crippen molar-refractivity contribution in [2.45, 2.75) is 52.2 Å². The quantitative estimate of drug-likeness (QED) is 0.220. The van der Waals surface area contributed by atoms with Crippen molar-refractivity contribution in [3.05, 3.63) is 83.4 Å². The molecule has 1 aromatic heterocycles. The molecule has 38 heavy (non-hydrogen) atoms. The molecular weight excluding hydrogens is 502 g/mol. The minimum atomic E-state index is -3.54. The van der Waals surface area contributed by atoms with Crippen LogP contribution in [-0.4, -0.2) is 59.9 Å². The molecule has 0 radical (unpaired) electrons. The number of benzene rings is 2. The molecule has 0 aliphatic rings. The first-order valence-corrected chi connectivity index (χ1v) is 14.8. The number of hydrogen-bond donors (Lipinski definition) is 4. The van der Waals surface area contributed by atoms with Gasteiger partial charge in [-0.15, -0.1) is 0 Å². The number of carbonyl (C=O) groups is 1. The third kappa shape index (κ3) is 10.2. The van der Waals surface area contributed by atoms with E-state index in [1.165, 1.54) is 0 Å². The Balaban J connectivity index is 1.59. The van der Waals surface area contributed by atoms with Crippen molar-refractivity contribution in [1.82, 2.24) is 35.4 Å². The van der Waals surface area contributed by atoms with Crippen molar-refractivity contribution in [2.75, 3.05) is 25.4 Å².